The van der Waals surface area contributed by atoms with Gasteiger partial charge in [0.1, 0.15) is 17.7 Å². The maximum Gasteiger partial charge on any atom is 0.205 e. The largest absolute Gasteiger partial charge is 0.493 e. The molecule has 0 unspecified atom stereocenters. The van der Waals surface area contributed by atoms with E-state index in [1.807, 2.05) is 0 Å². The normalized spacial score (nSPS) is 10.6. The molecule has 1 heterocycles. The summed E-state index contributed by atoms with van der Waals surface area (Å²) in [5.74, 6) is 2.15. The summed E-state index contributed by atoms with van der Waals surface area (Å²) in [5.41, 5.74) is 0.624. The number of nitrogens with zero attached hydrogens (tertiary/aromatic N) is 2. The first kappa shape index (κ1) is 17.0. The topological polar surface area (TPSA) is 95.0 Å². The van der Waals surface area contributed by atoms with Gasteiger partial charge in [-0.2, -0.15) is 0 Å². The van der Waals surface area contributed by atoms with Crippen molar-refractivity contribution in [3.05, 3.63) is 12.4 Å². The quantitative estimate of drug-likeness (QED) is 0.662. The Bertz CT molecular complexity index is 651. The van der Waals surface area contributed by atoms with E-state index in [2.05, 4.69) is 15.3 Å². The fraction of sp³-hybridized carbons (Fsp3) is 0.467. The third kappa shape index (κ3) is 3.72. The van der Waals surface area contributed by atoms with Gasteiger partial charge in [-0.25, -0.2) is 9.97 Å². The SMILES string of the molecule is COc1cc2c(NCCOCCO)ncnc2c(OC)c1OC. The number of hydrogen-bond donors (Lipinski definition) is 2. The number of ether oxygens (including phenoxy) is 4. The Morgan fingerprint density at radius 2 is 1.83 bits per heavy atom. The molecule has 2 aromatic rings. The molecule has 8 heteroatoms. The number of fused-ring (bicyclic) bond motifs is 1. The van der Waals surface area contributed by atoms with Crippen LogP contribution in [0.5, 0.6) is 17.2 Å². The molecule has 126 valence electrons. The Labute approximate surface area is 134 Å². The van der Waals surface area contributed by atoms with E-state index in [1.54, 1.807) is 27.4 Å². The minimum absolute atomic E-state index is 0.00459. The molecule has 0 aliphatic rings. The van der Waals surface area contributed by atoms with E-state index >= 15 is 0 Å². The molecule has 0 atom stereocenters. The number of anilines is 1. The van der Waals surface area contributed by atoms with Gasteiger partial charge in [-0.15, -0.1) is 0 Å². The van der Waals surface area contributed by atoms with Crippen LogP contribution in [-0.4, -0.2) is 62.8 Å². The first-order valence-electron chi connectivity index (χ1n) is 7.13. The van der Waals surface area contributed by atoms with Gasteiger partial charge in [-0.3, -0.25) is 0 Å². The molecule has 0 radical (unpaired) electrons. The molecule has 23 heavy (non-hydrogen) atoms. The van der Waals surface area contributed by atoms with Crippen molar-refractivity contribution in [1.82, 2.24) is 9.97 Å². The number of methoxy groups -OCH3 is 3. The third-order valence-corrected chi connectivity index (χ3v) is 3.21. The fourth-order valence-corrected chi connectivity index (χ4v) is 2.21. The first-order valence-corrected chi connectivity index (χ1v) is 7.13. The number of hydrogen-bond acceptors (Lipinski definition) is 8. The molecular formula is C15H21N3O5. The Morgan fingerprint density at radius 3 is 2.48 bits per heavy atom. The summed E-state index contributed by atoms with van der Waals surface area (Å²) < 4.78 is 21.4. The van der Waals surface area contributed by atoms with Crippen LogP contribution in [0.1, 0.15) is 0 Å². The highest BCUT2D eigenvalue weighted by Crippen LogP contribution is 2.43. The summed E-state index contributed by atoms with van der Waals surface area (Å²) >= 11 is 0. The van der Waals surface area contributed by atoms with Crippen LogP contribution in [0, 0.1) is 0 Å². The van der Waals surface area contributed by atoms with Crippen molar-refractivity contribution in [1.29, 1.82) is 0 Å². The van der Waals surface area contributed by atoms with Crippen molar-refractivity contribution in [3.63, 3.8) is 0 Å². The lowest BCUT2D eigenvalue weighted by molar-refractivity contribution is 0.0992. The van der Waals surface area contributed by atoms with E-state index in [-0.39, 0.29) is 6.61 Å². The maximum atomic E-state index is 8.68. The smallest absolute Gasteiger partial charge is 0.205 e. The van der Waals surface area contributed by atoms with E-state index in [9.17, 15) is 0 Å². The summed E-state index contributed by atoms with van der Waals surface area (Å²) in [4.78, 5) is 8.53. The Hall–Kier alpha value is -2.32. The van der Waals surface area contributed by atoms with Gasteiger partial charge in [0.2, 0.25) is 5.75 Å². The second-order valence-corrected chi connectivity index (χ2v) is 4.53. The van der Waals surface area contributed by atoms with Crippen molar-refractivity contribution < 1.29 is 24.1 Å². The molecule has 0 saturated carbocycles. The zero-order valence-electron chi connectivity index (χ0n) is 13.5. The Morgan fingerprint density at radius 1 is 1.04 bits per heavy atom. The highest BCUT2D eigenvalue weighted by molar-refractivity contribution is 5.96. The lowest BCUT2D eigenvalue weighted by Crippen LogP contribution is -2.12. The molecule has 0 amide bonds. The zero-order chi connectivity index (χ0) is 16.7. The second kappa shape index (κ2) is 8.35. The van der Waals surface area contributed by atoms with Gasteiger partial charge in [-0.05, 0) is 6.07 Å². The van der Waals surface area contributed by atoms with Crippen LogP contribution >= 0.6 is 0 Å². The van der Waals surface area contributed by atoms with Crippen LogP contribution < -0.4 is 19.5 Å². The Kier molecular flexibility index (Phi) is 6.19. The molecule has 0 saturated heterocycles. The lowest BCUT2D eigenvalue weighted by atomic mass is 10.2. The molecule has 0 aliphatic carbocycles. The number of aliphatic hydroxyl groups is 1. The van der Waals surface area contributed by atoms with E-state index < -0.39 is 0 Å². The molecule has 1 aromatic heterocycles. The molecule has 2 N–H and O–H groups in total. The molecule has 0 aliphatic heterocycles. The van der Waals surface area contributed by atoms with Crippen molar-refractivity contribution in [2.24, 2.45) is 0 Å². The number of benzene rings is 1. The minimum Gasteiger partial charge on any atom is -0.493 e. The summed E-state index contributed by atoms with van der Waals surface area (Å²) in [6.07, 6.45) is 1.45. The van der Waals surface area contributed by atoms with Crippen LogP contribution in [-0.2, 0) is 4.74 Å². The van der Waals surface area contributed by atoms with Crippen LogP contribution in [0.15, 0.2) is 12.4 Å². The number of aromatic nitrogens is 2. The average Bonchev–Trinajstić information content (AvgIpc) is 2.59. The number of nitrogens with one attached hydrogen (secondary N) is 1. The van der Waals surface area contributed by atoms with E-state index in [4.69, 9.17) is 24.1 Å². The second-order valence-electron chi connectivity index (χ2n) is 4.53. The van der Waals surface area contributed by atoms with Gasteiger partial charge >= 0.3 is 0 Å². The van der Waals surface area contributed by atoms with Gasteiger partial charge in [-0.1, -0.05) is 0 Å². The van der Waals surface area contributed by atoms with E-state index in [0.717, 1.165) is 5.39 Å². The predicted octanol–water partition coefficient (Wildman–Crippen LogP) is 1.08. The van der Waals surface area contributed by atoms with Crippen molar-refractivity contribution in [2.75, 3.05) is 53.0 Å². The monoisotopic (exact) mass is 323 g/mol. The highest BCUT2D eigenvalue weighted by Gasteiger charge is 2.19. The molecule has 1 aromatic carbocycles. The average molecular weight is 323 g/mol. The number of rotatable bonds is 9. The summed E-state index contributed by atoms with van der Waals surface area (Å²) in [6.45, 7) is 1.31. The summed E-state index contributed by atoms with van der Waals surface area (Å²) in [6, 6.07) is 1.80. The zero-order valence-corrected chi connectivity index (χ0v) is 13.5. The van der Waals surface area contributed by atoms with Gasteiger partial charge in [0.05, 0.1) is 46.5 Å². The molecule has 0 bridgehead atoms. The fourth-order valence-electron chi connectivity index (χ4n) is 2.21. The van der Waals surface area contributed by atoms with Gasteiger partial charge in [0.15, 0.2) is 11.5 Å². The third-order valence-electron chi connectivity index (χ3n) is 3.21. The van der Waals surface area contributed by atoms with Crippen molar-refractivity contribution in [3.8, 4) is 17.2 Å². The first-order chi connectivity index (χ1) is 11.3. The van der Waals surface area contributed by atoms with Gasteiger partial charge in [0.25, 0.3) is 0 Å². The van der Waals surface area contributed by atoms with Crippen molar-refractivity contribution in [2.45, 2.75) is 0 Å². The van der Waals surface area contributed by atoms with E-state index in [1.165, 1.54) is 6.33 Å². The van der Waals surface area contributed by atoms with Crippen LogP contribution in [0.2, 0.25) is 0 Å². The van der Waals surface area contributed by atoms with Crippen LogP contribution in [0.25, 0.3) is 10.9 Å². The Balaban J connectivity index is 2.35. The molecule has 8 nitrogen and oxygen atoms in total. The van der Waals surface area contributed by atoms with Crippen LogP contribution in [0.3, 0.4) is 0 Å². The van der Waals surface area contributed by atoms with Gasteiger partial charge < -0.3 is 29.4 Å². The van der Waals surface area contributed by atoms with Crippen LogP contribution in [0.4, 0.5) is 5.82 Å². The number of aliphatic hydroxyl groups excluding tert-OH is 1. The summed E-state index contributed by atoms with van der Waals surface area (Å²) in [7, 11) is 4.66. The summed E-state index contributed by atoms with van der Waals surface area (Å²) in [5, 5.41) is 12.6. The standard InChI is InChI=1S/C15H21N3O5/c1-20-11-8-10-12(14(22-3)13(11)21-2)17-9-18-15(10)16-4-6-23-7-5-19/h8-9,19H,4-7H2,1-3H3,(H,16,17,18). The maximum absolute atomic E-state index is 8.68. The van der Waals surface area contributed by atoms with Gasteiger partial charge in [0, 0.05) is 6.54 Å². The minimum atomic E-state index is 0.00459. The molecular weight excluding hydrogens is 302 g/mol. The molecule has 0 fully saturated rings. The molecule has 0 spiro atoms. The lowest BCUT2D eigenvalue weighted by Gasteiger charge is -2.15. The highest BCUT2D eigenvalue weighted by atomic mass is 16.5. The predicted molar refractivity (Wildman–Crippen MR) is 85.6 cm³/mol. The van der Waals surface area contributed by atoms with E-state index in [0.29, 0.717) is 48.3 Å². The van der Waals surface area contributed by atoms with Crippen molar-refractivity contribution >= 4 is 16.7 Å². The molecule has 2 rings (SSSR count).